The number of hydrogen-bond acceptors (Lipinski definition) is 9. The second-order valence-corrected chi connectivity index (χ2v) is 9.90. The second kappa shape index (κ2) is 11.5. The van der Waals surface area contributed by atoms with Crippen LogP contribution in [0.1, 0.15) is 35.0 Å². The minimum absolute atomic E-state index is 0.0377. The Bertz CT molecular complexity index is 1390. The molecule has 1 aliphatic heterocycles. The van der Waals surface area contributed by atoms with Crippen molar-refractivity contribution < 1.29 is 28.3 Å². The average molecular weight is 555 g/mol. The highest BCUT2D eigenvalue weighted by Gasteiger charge is 2.33. The van der Waals surface area contributed by atoms with Gasteiger partial charge in [-0.05, 0) is 68.3 Å². The van der Waals surface area contributed by atoms with Crippen molar-refractivity contribution >= 4 is 51.5 Å². The van der Waals surface area contributed by atoms with E-state index in [0.29, 0.717) is 36.4 Å². The molecule has 204 valence electrons. The Morgan fingerprint density at radius 2 is 1.79 bits per heavy atom. The van der Waals surface area contributed by atoms with Gasteiger partial charge in [-0.1, -0.05) is 11.3 Å². The normalized spacial score (nSPS) is 15.5. The Kier molecular flexibility index (Phi) is 8.10. The zero-order chi connectivity index (χ0) is 28.3. The van der Waals surface area contributed by atoms with E-state index >= 15 is 0 Å². The van der Waals surface area contributed by atoms with Crippen LogP contribution in [0.15, 0.2) is 48.5 Å². The molecule has 13 heteroatoms. The third-order valence-electron chi connectivity index (χ3n) is 6.34. The van der Waals surface area contributed by atoms with Gasteiger partial charge in [0.25, 0.3) is 5.91 Å². The van der Waals surface area contributed by atoms with E-state index in [4.69, 9.17) is 21.9 Å². The molecule has 0 radical (unpaired) electrons. The van der Waals surface area contributed by atoms with Gasteiger partial charge in [0.15, 0.2) is 11.7 Å². The number of halogens is 1. The lowest BCUT2D eigenvalue weighted by Crippen LogP contribution is -2.45. The highest BCUT2D eigenvalue weighted by Crippen LogP contribution is 2.36. The lowest BCUT2D eigenvalue weighted by molar-refractivity contribution is -0.138. The highest BCUT2D eigenvalue weighted by molar-refractivity contribution is 7.18. The summed E-state index contributed by atoms with van der Waals surface area (Å²) in [6.45, 7) is 1.73. The van der Waals surface area contributed by atoms with Gasteiger partial charge in [0.1, 0.15) is 34.3 Å². The minimum Gasteiger partial charge on any atom is -0.484 e. The fourth-order valence-electron chi connectivity index (χ4n) is 4.24. The fourth-order valence-corrected chi connectivity index (χ4v) is 5.29. The van der Waals surface area contributed by atoms with E-state index in [9.17, 15) is 23.6 Å². The summed E-state index contributed by atoms with van der Waals surface area (Å²) in [5.74, 6) is -2.09. The number of carbonyl (C=O) groups is 4. The van der Waals surface area contributed by atoms with Gasteiger partial charge in [0.2, 0.25) is 17.6 Å². The lowest BCUT2D eigenvalue weighted by atomic mass is 10.1. The number of amides is 3. The Hall–Kier alpha value is -4.52. The summed E-state index contributed by atoms with van der Waals surface area (Å²) >= 11 is 0.970. The smallest absolute Gasteiger partial charge is 0.261 e. The molecule has 1 aliphatic rings. The van der Waals surface area contributed by atoms with E-state index in [1.54, 1.807) is 6.92 Å². The number of nitrogens with two attached hydrogens (primary N) is 3. The molecule has 1 fully saturated rings. The molecule has 2 heterocycles. The van der Waals surface area contributed by atoms with E-state index < -0.39 is 35.5 Å². The molecule has 4 rings (SSSR count). The van der Waals surface area contributed by atoms with E-state index in [1.165, 1.54) is 58.3 Å². The molecule has 0 spiro atoms. The molecule has 0 saturated carbocycles. The molecule has 3 amide bonds. The summed E-state index contributed by atoms with van der Waals surface area (Å²) < 4.78 is 19.0. The van der Waals surface area contributed by atoms with Crippen molar-refractivity contribution in [3.63, 3.8) is 0 Å². The Labute approximate surface area is 227 Å². The van der Waals surface area contributed by atoms with Crippen LogP contribution >= 0.6 is 11.3 Å². The zero-order valence-corrected chi connectivity index (χ0v) is 21.8. The largest absolute Gasteiger partial charge is 0.484 e. The van der Waals surface area contributed by atoms with Crippen LogP contribution in [0.3, 0.4) is 0 Å². The number of rotatable bonds is 10. The van der Waals surface area contributed by atoms with Crippen molar-refractivity contribution in [2.75, 3.05) is 23.8 Å². The Balaban J connectivity index is 1.48. The molecule has 6 N–H and O–H groups in total. The van der Waals surface area contributed by atoms with E-state index in [2.05, 4.69) is 4.98 Å². The number of anilines is 3. The van der Waals surface area contributed by atoms with Crippen molar-refractivity contribution in [2.45, 2.75) is 31.8 Å². The summed E-state index contributed by atoms with van der Waals surface area (Å²) in [7, 11) is 0. The molecule has 11 nitrogen and oxygen atoms in total. The van der Waals surface area contributed by atoms with E-state index in [0.717, 1.165) is 11.3 Å². The first-order valence-corrected chi connectivity index (χ1v) is 12.8. The van der Waals surface area contributed by atoms with Crippen molar-refractivity contribution in [3.8, 4) is 5.75 Å². The zero-order valence-electron chi connectivity index (χ0n) is 21.0. The standard InChI is InChI=1S/C26H27FN6O5S/c1-14(24(29)36)33(17-8-6-16(27)7-9-17)26-31-23(28)22(39-26)21(35)15-4-10-18(11-5-15)38-13-20(34)32-12-2-3-19(32)25(30)37/h4-11,14,19H,2-3,12-13,28H2,1H3,(H2,29,36)(H2,30,37)/t14-,19+/m1/s1. The average Bonchev–Trinajstić information content (AvgIpc) is 3.56. The Morgan fingerprint density at radius 1 is 1.13 bits per heavy atom. The van der Waals surface area contributed by atoms with Gasteiger partial charge in [-0.2, -0.15) is 0 Å². The third kappa shape index (κ3) is 5.98. The van der Waals surface area contributed by atoms with Crippen LogP contribution in [0.4, 0.5) is 21.0 Å². The number of nitrogen functional groups attached to an aromatic ring is 1. The van der Waals surface area contributed by atoms with Crippen LogP contribution in [-0.4, -0.2) is 58.6 Å². The summed E-state index contributed by atoms with van der Waals surface area (Å²) in [5.41, 5.74) is 17.7. The molecular weight excluding hydrogens is 527 g/mol. The second-order valence-electron chi connectivity index (χ2n) is 8.93. The van der Waals surface area contributed by atoms with Gasteiger partial charge >= 0.3 is 0 Å². The number of benzene rings is 2. The molecule has 0 aliphatic carbocycles. The van der Waals surface area contributed by atoms with Crippen LogP contribution in [0, 0.1) is 5.82 Å². The third-order valence-corrected chi connectivity index (χ3v) is 7.41. The van der Waals surface area contributed by atoms with Gasteiger partial charge < -0.3 is 31.7 Å². The van der Waals surface area contributed by atoms with Crippen molar-refractivity contribution in [3.05, 3.63) is 64.8 Å². The van der Waals surface area contributed by atoms with E-state index in [1.807, 2.05) is 0 Å². The first kappa shape index (κ1) is 27.5. The monoisotopic (exact) mass is 554 g/mol. The van der Waals surface area contributed by atoms with Crippen LogP contribution in [0.5, 0.6) is 5.75 Å². The van der Waals surface area contributed by atoms with Gasteiger partial charge in [-0.3, -0.25) is 19.2 Å². The first-order chi connectivity index (χ1) is 18.6. The van der Waals surface area contributed by atoms with Crippen molar-refractivity contribution in [1.29, 1.82) is 0 Å². The van der Waals surface area contributed by atoms with Crippen molar-refractivity contribution in [1.82, 2.24) is 9.88 Å². The van der Waals surface area contributed by atoms with Crippen LogP contribution < -0.4 is 26.8 Å². The number of thiazole rings is 1. The van der Waals surface area contributed by atoms with Crippen molar-refractivity contribution in [2.24, 2.45) is 11.5 Å². The number of ether oxygens (including phenoxy) is 1. The minimum atomic E-state index is -0.859. The number of nitrogens with zero attached hydrogens (tertiary/aromatic N) is 3. The summed E-state index contributed by atoms with van der Waals surface area (Å²) in [6.07, 6.45) is 1.23. The van der Waals surface area contributed by atoms with Crippen LogP contribution in [-0.2, 0) is 14.4 Å². The summed E-state index contributed by atoms with van der Waals surface area (Å²) in [4.78, 5) is 56.5. The molecule has 39 heavy (non-hydrogen) atoms. The molecule has 1 aromatic heterocycles. The Morgan fingerprint density at radius 3 is 2.41 bits per heavy atom. The first-order valence-electron chi connectivity index (χ1n) is 12.0. The number of hydrogen-bond donors (Lipinski definition) is 3. The van der Waals surface area contributed by atoms with E-state index in [-0.39, 0.29) is 28.3 Å². The predicted octanol–water partition coefficient (Wildman–Crippen LogP) is 1.96. The van der Waals surface area contributed by atoms with Crippen LogP contribution in [0.25, 0.3) is 0 Å². The maximum Gasteiger partial charge on any atom is 0.261 e. The predicted molar refractivity (Wildman–Crippen MR) is 143 cm³/mol. The molecule has 2 atom stereocenters. The van der Waals surface area contributed by atoms with Gasteiger partial charge in [0, 0.05) is 17.8 Å². The lowest BCUT2D eigenvalue weighted by Gasteiger charge is -2.26. The SMILES string of the molecule is C[C@H](C(N)=O)N(c1ccc(F)cc1)c1nc(N)c(C(=O)c2ccc(OCC(=O)N3CCC[C@H]3C(N)=O)cc2)s1. The molecule has 2 aromatic carbocycles. The molecule has 0 bridgehead atoms. The molecule has 3 aromatic rings. The number of ketones is 1. The van der Waals surface area contributed by atoms with Gasteiger partial charge in [-0.15, -0.1) is 0 Å². The number of likely N-dealkylation sites (tertiary alicyclic amines) is 1. The van der Waals surface area contributed by atoms with Gasteiger partial charge in [0.05, 0.1) is 0 Å². The topological polar surface area (TPSA) is 175 Å². The summed E-state index contributed by atoms with van der Waals surface area (Å²) in [5, 5.41) is 0.239. The number of primary amides is 2. The molecule has 1 saturated heterocycles. The molecule has 0 unspecified atom stereocenters. The quantitative estimate of drug-likeness (QED) is 0.319. The molecular formula is C26H27FN6O5S. The summed E-state index contributed by atoms with van der Waals surface area (Å²) in [6, 6.07) is 10.0. The maximum absolute atomic E-state index is 13.5. The number of carbonyl (C=O) groups excluding carboxylic acids is 4. The van der Waals surface area contributed by atoms with Gasteiger partial charge in [-0.25, -0.2) is 9.37 Å². The maximum atomic E-state index is 13.5. The highest BCUT2D eigenvalue weighted by atomic mass is 32.1. The fraction of sp³-hybridized carbons (Fsp3) is 0.269. The number of aromatic nitrogens is 1. The van der Waals surface area contributed by atoms with Crippen LogP contribution in [0.2, 0.25) is 0 Å².